The molecule has 0 saturated heterocycles. The number of hydrogen-bond donors (Lipinski definition) is 1. The molecule has 1 rings (SSSR count). The second-order valence-corrected chi connectivity index (χ2v) is 5.88. The molecule has 0 spiro atoms. The smallest absolute Gasteiger partial charge is 0.0372 e. The number of aryl methyl sites for hydroxylation is 1. The summed E-state index contributed by atoms with van der Waals surface area (Å²) in [6.45, 7) is 5.73. The molecule has 1 N–H and O–H groups in total. The Labute approximate surface area is 100 Å². The van der Waals surface area contributed by atoms with Crippen LogP contribution in [0.1, 0.15) is 24.6 Å². The molecule has 0 bridgehead atoms. The van der Waals surface area contributed by atoms with Gasteiger partial charge in [-0.2, -0.15) is 0 Å². The van der Waals surface area contributed by atoms with Gasteiger partial charge in [-0.05, 0) is 31.5 Å². The maximum atomic E-state index is 11.1. The molecule has 0 amide bonds. The molecule has 4 heteroatoms. The molecule has 2 atom stereocenters. The quantitative estimate of drug-likeness (QED) is 0.769. The van der Waals surface area contributed by atoms with Crippen LogP contribution >= 0.6 is 0 Å². The summed E-state index contributed by atoms with van der Waals surface area (Å²) in [5.74, 6) is 0. The van der Waals surface area contributed by atoms with Crippen molar-refractivity contribution in [3.8, 4) is 0 Å². The van der Waals surface area contributed by atoms with Crippen molar-refractivity contribution in [2.45, 2.75) is 32.1 Å². The molecule has 0 aliphatic heterocycles. The van der Waals surface area contributed by atoms with Gasteiger partial charge in [0.25, 0.3) is 0 Å². The van der Waals surface area contributed by atoms with Crippen LogP contribution < -0.4 is 5.32 Å². The van der Waals surface area contributed by atoms with Crippen LogP contribution in [0.4, 0.5) is 0 Å². The summed E-state index contributed by atoms with van der Waals surface area (Å²) in [6, 6.07) is 4.09. The SMILES string of the molecule is Cc1ccc(CNCCC(C)S(C)=O)cn1. The van der Waals surface area contributed by atoms with Gasteiger partial charge in [0.15, 0.2) is 0 Å². The van der Waals surface area contributed by atoms with E-state index in [4.69, 9.17) is 0 Å². The van der Waals surface area contributed by atoms with E-state index >= 15 is 0 Å². The van der Waals surface area contributed by atoms with Crippen molar-refractivity contribution in [3.05, 3.63) is 29.6 Å². The molecule has 0 fully saturated rings. The van der Waals surface area contributed by atoms with Gasteiger partial charge in [-0.25, -0.2) is 0 Å². The van der Waals surface area contributed by atoms with Crippen molar-refractivity contribution in [2.75, 3.05) is 12.8 Å². The third kappa shape index (κ3) is 4.86. The zero-order chi connectivity index (χ0) is 12.0. The number of nitrogens with zero attached hydrogens (tertiary/aromatic N) is 1. The highest BCUT2D eigenvalue weighted by molar-refractivity contribution is 7.84. The van der Waals surface area contributed by atoms with E-state index in [1.54, 1.807) is 6.26 Å². The highest BCUT2D eigenvalue weighted by Crippen LogP contribution is 2.00. The van der Waals surface area contributed by atoms with Crippen LogP contribution in [0, 0.1) is 6.92 Å². The second-order valence-electron chi connectivity index (χ2n) is 4.08. The Bertz CT molecular complexity index is 337. The third-order valence-electron chi connectivity index (χ3n) is 2.60. The minimum absolute atomic E-state index is 0.267. The summed E-state index contributed by atoms with van der Waals surface area (Å²) < 4.78 is 11.1. The standard InChI is InChI=1S/C12H20N2OS/c1-10-4-5-12(9-14-10)8-13-7-6-11(2)16(3)15/h4-5,9,11,13H,6-8H2,1-3H3. The molecular weight excluding hydrogens is 220 g/mol. The highest BCUT2D eigenvalue weighted by atomic mass is 32.2. The van der Waals surface area contributed by atoms with Gasteiger partial charge < -0.3 is 5.32 Å². The maximum Gasteiger partial charge on any atom is 0.0372 e. The van der Waals surface area contributed by atoms with E-state index in [0.29, 0.717) is 0 Å². The van der Waals surface area contributed by atoms with E-state index in [1.165, 1.54) is 5.56 Å². The monoisotopic (exact) mass is 240 g/mol. The van der Waals surface area contributed by atoms with Crippen LogP contribution in [0.15, 0.2) is 18.3 Å². The first-order chi connectivity index (χ1) is 7.59. The third-order valence-corrected chi connectivity index (χ3v) is 3.96. The average Bonchev–Trinajstić information content (AvgIpc) is 2.26. The van der Waals surface area contributed by atoms with Gasteiger partial charge in [-0.1, -0.05) is 13.0 Å². The van der Waals surface area contributed by atoms with Gasteiger partial charge in [0.05, 0.1) is 0 Å². The van der Waals surface area contributed by atoms with Crippen LogP contribution in [0.2, 0.25) is 0 Å². The molecule has 1 heterocycles. The molecule has 0 saturated carbocycles. The first-order valence-electron chi connectivity index (χ1n) is 5.54. The van der Waals surface area contributed by atoms with E-state index in [1.807, 2.05) is 26.1 Å². The normalized spacial score (nSPS) is 14.7. The van der Waals surface area contributed by atoms with E-state index in [0.717, 1.165) is 25.2 Å². The summed E-state index contributed by atoms with van der Waals surface area (Å²) in [5, 5.41) is 3.60. The lowest BCUT2D eigenvalue weighted by molar-refractivity contribution is 0.628. The Morgan fingerprint density at radius 2 is 2.25 bits per heavy atom. The number of aromatic nitrogens is 1. The van der Waals surface area contributed by atoms with Crippen LogP contribution in [-0.2, 0) is 17.3 Å². The molecular formula is C12H20N2OS. The first kappa shape index (κ1) is 13.3. The minimum Gasteiger partial charge on any atom is -0.313 e. The summed E-state index contributed by atoms with van der Waals surface area (Å²) in [4.78, 5) is 4.23. The Morgan fingerprint density at radius 3 is 2.81 bits per heavy atom. The lowest BCUT2D eigenvalue weighted by atomic mass is 10.2. The van der Waals surface area contributed by atoms with E-state index in [9.17, 15) is 4.21 Å². The number of nitrogens with one attached hydrogen (secondary N) is 1. The zero-order valence-corrected chi connectivity index (χ0v) is 11.0. The Morgan fingerprint density at radius 1 is 1.50 bits per heavy atom. The molecule has 0 radical (unpaired) electrons. The van der Waals surface area contributed by atoms with Crippen LogP contribution in [0.3, 0.4) is 0 Å². The maximum absolute atomic E-state index is 11.1. The Kier molecular flexibility index (Phi) is 5.63. The topological polar surface area (TPSA) is 42.0 Å². The summed E-state index contributed by atoms with van der Waals surface area (Å²) in [5.41, 5.74) is 2.23. The van der Waals surface area contributed by atoms with Crippen molar-refractivity contribution in [1.29, 1.82) is 0 Å². The number of pyridine rings is 1. The number of hydrogen-bond acceptors (Lipinski definition) is 3. The summed E-state index contributed by atoms with van der Waals surface area (Å²) >= 11 is 0. The molecule has 0 aliphatic rings. The molecule has 16 heavy (non-hydrogen) atoms. The van der Waals surface area contributed by atoms with Crippen molar-refractivity contribution in [3.63, 3.8) is 0 Å². The fraction of sp³-hybridized carbons (Fsp3) is 0.583. The molecule has 2 unspecified atom stereocenters. The molecule has 90 valence electrons. The summed E-state index contributed by atoms with van der Waals surface area (Å²) in [7, 11) is -0.714. The predicted octanol–water partition coefficient (Wildman–Crippen LogP) is 1.64. The van der Waals surface area contributed by atoms with Gasteiger partial charge in [-0.3, -0.25) is 9.19 Å². The van der Waals surface area contributed by atoms with Crippen molar-refractivity contribution >= 4 is 10.8 Å². The van der Waals surface area contributed by atoms with Gasteiger partial charge in [-0.15, -0.1) is 0 Å². The first-order valence-corrected chi connectivity index (χ1v) is 7.16. The fourth-order valence-corrected chi connectivity index (χ4v) is 1.76. The average molecular weight is 240 g/mol. The lowest BCUT2D eigenvalue weighted by Gasteiger charge is -2.09. The van der Waals surface area contributed by atoms with Gasteiger partial charge in [0.1, 0.15) is 0 Å². The van der Waals surface area contributed by atoms with Gasteiger partial charge in [0.2, 0.25) is 0 Å². The van der Waals surface area contributed by atoms with E-state index < -0.39 is 10.8 Å². The number of rotatable bonds is 6. The molecule has 3 nitrogen and oxygen atoms in total. The van der Waals surface area contributed by atoms with E-state index in [-0.39, 0.29) is 5.25 Å². The molecule has 1 aromatic rings. The predicted molar refractivity (Wildman–Crippen MR) is 68.8 cm³/mol. The van der Waals surface area contributed by atoms with Crippen LogP contribution in [-0.4, -0.2) is 27.2 Å². The van der Waals surface area contributed by atoms with Crippen LogP contribution in [0.5, 0.6) is 0 Å². The van der Waals surface area contributed by atoms with Crippen molar-refractivity contribution in [2.24, 2.45) is 0 Å². The summed E-state index contributed by atoms with van der Waals surface area (Å²) in [6.07, 6.45) is 4.60. The molecule has 0 aromatic carbocycles. The Balaban J connectivity index is 2.21. The molecule has 1 aromatic heterocycles. The van der Waals surface area contributed by atoms with Crippen LogP contribution in [0.25, 0.3) is 0 Å². The molecule has 0 aliphatic carbocycles. The second kappa shape index (κ2) is 6.76. The van der Waals surface area contributed by atoms with Gasteiger partial charge in [0, 0.05) is 40.7 Å². The van der Waals surface area contributed by atoms with E-state index in [2.05, 4.69) is 16.4 Å². The zero-order valence-electron chi connectivity index (χ0n) is 10.2. The largest absolute Gasteiger partial charge is 0.313 e. The fourth-order valence-electron chi connectivity index (χ4n) is 1.31. The lowest BCUT2D eigenvalue weighted by Crippen LogP contribution is -2.21. The van der Waals surface area contributed by atoms with Crippen molar-refractivity contribution in [1.82, 2.24) is 10.3 Å². The highest BCUT2D eigenvalue weighted by Gasteiger charge is 2.04. The Hall–Kier alpha value is -0.740. The minimum atomic E-state index is -0.714. The van der Waals surface area contributed by atoms with Crippen molar-refractivity contribution < 1.29 is 4.21 Å². The van der Waals surface area contributed by atoms with Gasteiger partial charge >= 0.3 is 0 Å².